The van der Waals surface area contributed by atoms with Crippen molar-refractivity contribution in [3.8, 4) is 0 Å². The van der Waals surface area contributed by atoms with Crippen molar-refractivity contribution in [2.24, 2.45) is 5.92 Å². The van der Waals surface area contributed by atoms with Crippen LogP contribution < -0.4 is 0 Å². The molecule has 0 bridgehead atoms. The third kappa shape index (κ3) is 4.12. The fraction of sp³-hybridized carbons (Fsp3) is 0.857. The zero-order valence-corrected chi connectivity index (χ0v) is 7.01. The van der Waals surface area contributed by atoms with Gasteiger partial charge in [0.15, 0.2) is 6.10 Å². The van der Waals surface area contributed by atoms with Gasteiger partial charge in [0, 0.05) is 0 Å². The summed E-state index contributed by atoms with van der Waals surface area (Å²) in [5, 5.41) is 17.0. The molecule has 0 rings (SSSR count). The second kappa shape index (κ2) is 4.45. The maximum absolute atomic E-state index is 11.8. The smallest absolute Gasteiger partial charge is 0.414 e. The minimum Gasteiger partial charge on any atom is -0.481 e. The van der Waals surface area contributed by atoms with Gasteiger partial charge in [-0.05, 0) is 12.8 Å². The first-order valence-electron chi connectivity index (χ1n) is 3.76. The Kier molecular flexibility index (Phi) is 4.19. The highest BCUT2D eigenvalue weighted by molar-refractivity contribution is 5.69. The number of carboxylic acid groups (broad SMARTS) is 1. The van der Waals surface area contributed by atoms with Gasteiger partial charge in [-0.1, -0.05) is 6.92 Å². The first kappa shape index (κ1) is 12.2. The van der Waals surface area contributed by atoms with Crippen LogP contribution in [0, 0.1) is 5.92 Å². The first-order valence-corrected chi connectivity index (χ1v) is 3.76. The van der Waals surface area contributed by atoms with Crippen molar-refractivity contribution in [2.45, 2.75) is 32.0 Å². The molecule has 0 saturated carbocycles. The Balaban J connectivity index is 4.17. The van der Waals surface area contributed by atoms with Crippen LogP contribution in [0.5, 0.6) is 0 Å². The topological polar surface area (TPSA) is 57.5 Å². The lowest BCUT2D eigenvalue weighted by Gasteiger charge is -2.17. The van der Waals surface area contributed by atoms with E-state index in [1.165, 1.54) is 6.92 Å². The highest BCUT2D eigenvalue weighted by Gasteiger charge is 2.40. The van der Waals surface area contributed by atoms with Crippen molar-refractivity contribution in [1.82, 2.24) is 0 Å². The third-order valence-corrected chi connectivity index (χ3v) is 1.73. The van der Waals surface area contributed by atoms with Crippen LogP contribution in [0.4, 0.5) is 13.2 Å². The Hall–Kier alpha value is -0.780. The maximum atomic E-state index is 11.8. The van der Waals surface area contributed by atoms with Gasteiger partial charge in [-0.3, -0.25) is 4.79 Å². The molecule has 0 radical (unpaired) electrons. The highest BCUT2D eigenvalue weighted by atomic mass is 19.4. The standard InChI is InChI=1S/C7H11F3O3/c1-2-4(6(12)13)3-5(11)7(8,9)10/h4-5,11H,2-3H2,1H3,(H,12,13). The molecule has 13 heavy (non-hydrogen) atoms. The van der Waals surface area contributed by atoms with E-state index in [0.717, 1.165) is 0 Å². The molecular weight excluding hydrogens is 189 g/mol. The minimum atomic E-state index is -4.73. The molecule has 0 fully saturated rings. The van der Waals surface area contributed by atoms with Crippen LogP contribution in [-0.2, 0) is 4.79 Å². The lowest BCUT2D eigenvalue weighted by molar-refractivity contribution is -0.209. The molecule has 0 aliphatic rings. The number of aliphatic hydroxyl groups is 1. The van der Waals surface area contributed by atoms with Crippen LogP contribution in [-0.4, -0.2) is 28.5 Å². The quantitative estimate of drug-likeness (QED) is 0.721. The molecule has 0 aliphatic heterocycles. The number of carboxylic acids is 1. The SMILES string of the molecule is CCC(CC(O)C(F)(F)F)C(=O)O. The molecule has 0 aromatic heterocycles. The maximum Gasteiger partial charge on any atom is 0.414 e. The third-order valence-electron chi connectivity index (χ3n) is 1.73. The summed E-state index contributed by atoms with van der Waals surface area (Å²) in [4.78, 5) is 10.3. The van der Waals surface area contributed by atoms with Gasteiger partial charge in [0.05, 0.1) is 5.92 Å². The van der Waals surface area contributed by atoms with Crippen LogP contribution in [0.25, 0.3) is 0 Å². The number of aliphatic hydroxyl groups excluding tert-OH is 1. The number of carbonyl (C=O) groups is 1. The molecule has 0 aliphatic carbocycles. The van der Waals surface area contributed by atoms with E-state index in [1.807, 2.05) is 0 Å². The molecule has 0 amide bonds. The summed E-state index contributed by atoms with van der Waals surface area (Å²) in [6.45, 7) is 1.46. The molecule has 78 valence electrons. The number of hydrogen-bond donors (Lipinski definition) is 2. The molecule has 0 heterocycles. The van der Waals surface area contributed by atoms with Crippen LogP contribution in [0.2, 0.25) is 0 Å². The van der Waals surface area contributed by atoms with Gasteiger partial charge in [-0.2, -0.15) is 13.2 Å². The van der Waals surface area contributed by atoms with Gasteiger partial charge < -0.3 is 10.2 Å². The zero-order chi connectivity index (χ0) is 10.6. The van der Waals surface area contributed by atoms with Gasteiger partial charge in [0.1, 0.15) is 0 Å². The first-order chi connectivity index (χ1) is 5.79. The molecule has 6 heteroatoms. The Morgan fingerprint density at radius 1 is 1.46 bits per heavy atom. The summed E-state index contributed by atoms with van der Waals surface area (Å²) in [6.07, 6.45) is -7.99. The summed E-state index contributed by atoms with van der Waals surface area (Å²) >= 11 is 0. The Labute approximate surface area is 73.2 Å². The molecule has 0 spiro atoms. The normalized spacial score (nSPS) is 16.7. The molecule has 2 atom stereocenters. The average Bonchev–Trinajstić information content (AvgIpc) is 1.96. The number of rotatable bonds is 4. The predicted octanol–water partition coefficient (Wildman–Crippen LogP) is 1.41. The minimum absolute atomic E-state index is 0.0719. The number of alkyl halides is 3. The summed E-state index contributed by atoms with van der Waals surface area (Å²) in [5.74, 6) is -2.46. The fourth-order valence-electron chi connectivity index (χ4n) is 0.845. The monoisotopic (exact) mass is 200 g/mol. The van der Waals surface area contributed by atoms with E-state index in [4.69, 9.17) is 10.2 Å². The highest BCUT2D eigenvalue weighted by Crippen LogP contribution is 2.26. The van der Waals surface area contributed by atoms with Crippen molar-refractivity contribution < 1.29 is 28.2 Å². The molecule has 3 nitrogen and oxygen atoms in total. The van der Waals surface area contributed by atoms with Crippen LogP contribution in [0.1, 0.15) is 19.8 Å². The van der Waals surface area contributed by atoms with Crippen molar-refractivity contribution in [1.29, 1.82) is 0 Å². The Bertz CT molecular complexity index is 178. The van der Waals surface area contributed by atoms with Gasteiger partial charge in [0.2, 0.25) is 0 Å². The molecule has 0 saturated heterocycles. The van der Waals surface area contributed by atoms with Crippen molar-refractivity contribution in [3.63, 3.8) is 0 Å². The van der Waals surface area contributed by atoms with Crippen molar-refractivity contribution >= 4 is 5.97 Å². The lowest BCUT2D eigenvalue weighted by Crippen LogP contribution is -2.32. The zero-order valence-electron chi connectivity index (χ0n) is 7.01. The molecule has 2 N–H and O–H groups in total. The van der Waals surface area contributed by atoms with E-state index in [0.29, 0.717) is 0 Å². The number of hydrogen-bond acceptors (Lipinski definition) is 2. The second-order valence-corrected chi connectivity index (χ2v) is 2.74. The van der Waals surface area contributed by atoms with E-state index >= 15 is 0 Å². The van der Waals surface area contributed by atoms with Crippen LogP contribution in [0.15, 0.2) is 0 Å². The molecule has 2 unspecified atom stereocenters. The fourth-order valence-corrected chi connectivity index (χ4v) is 0.845. The van der Waals surface area contributed by atoms with Crippen LogP contribution in [0.3, 0.4) is 0 Å². The van der Waals surface area contributed by atoms with Gasteiger partial charge >= 0.3 is 12.1 Å². The lowest BCUT2D eigenvalue weighted by atomic mass is 9.99. The van der Waals surface area contributed by atoms with E-state index in [1.54, 1.807) is 0 Å². The van der Waals surface area contributed by atoms with Crippen LogP contribution >= 0.6 is 0 Å². The molecule has 0 aromatic carbocycles. The van der Waals surface area contributed by atoms with Crippen molar-refractivity contribution in [2.75, 3.05) is 0 Å². The van der Waals surface area contributed by atoms with E-state index in [9.17, 15) is 18.0 Å². The molecular formula is C7H11F3O3. The van der Waals surface area contributed by atoms with E-state index in [2.05, 4.69) is 0 Å². The largest absolute Gasteiger partial charge is 0.481 e. The summed E-state index contributed by atoms with van der Waals surface area (Å²) in [6, 6.07) is 0. The van der Waals surface area contributed by atoms with Gasteiger partial charge in [-0.15, -0.1) is 0 Å². The van der Waals surface area contributed by atoms with E-state index in [-0.39, 0.29) is 6.42 Å². The average molecular weight is 200 g/mol. The van der Waals surface area contributed by atoms with Gasteiger partial charge in [-0.25, -0.2) is 0 Å². The Morgan fingerprint density at radius 3 is 2.15 bits per heavy atom. The molecule has 0 aromatic rings. The summed E-state index contributed by atoms with van der Waals surface area (Å²) < 4.78 is 35.3. The van der Waals surface area contributed by atoms with Gasteiger partial charge in [0.25, 0.3) is 0 Å². The summed E-state index contributed by atoms with van der Waals surface area (Å²) in [7, 11) is 0. The predicted molar refractivity (Wildman–Crippen MR) is 38.1 cm³/mol. The summed E-state index contributed by atoms with van der Waals surface area (Å²) in [5.41, 5.74) is 0. The van der Waals surface area contributed by atoms with E-state index < -0.39 is 30.6 Å². The van der Waals surface area contributed by atoms with Crippen molar-refractivity contribution in [3.05, 3.63) is 0 Å². The second-order valence-electron chi connectivity index (χ2n) is 2.74. The Morgan fingerprint density at radius 2 is 1.92 bits per heavy atom. The number of aliphatic carboxylic acids is 1. The number of halogens is 3.